The monoisotopic (exact) mass is 344 g/mol. The van der Waals surface area contributed by atoms with Gasteiger partial charge in [-0.1, -0.05) is 18.2 Å². The van der Waals surface area contributed by atoms with E-state index in [2.05, 4.69) is 10.3 Å². The number of ether oxygens (including phenoxy) is 1. The molecule has 0 unspecified atom stereocenters. The average Bonchev–Trinajstić information content (AvgIpc) is 2.57. The number of benzene rings is 1. The standard InChI is InChI=1S/C19H21FN2O3/c1-25-18-6-5-13(11-21-18)19(14-9-16(23)10-14)22-17(24)8-12-3-2-4-15(20)7-12/h2-7,11,14,16,19,23H,8-10H2,1H3,(H,22,24)/t14?,16?,19-/m0/s1. The second kappa shape index (κ2) is 7.61. The number of methoxy groups -OCH3 is 1. The van der Waals surface area contributed by atoms with Crippen molar-refractivity contribution in [2.45, 2.75) is 31.4 Å². The molecule has 3 rings (SSSR count). The van der Waals surface area contributed by atoms with Gasteiger partial charge in [0.1, 0.15) is 5.82 Å². The van der Waals surface area contributed by atoms with E-state index < -0.39 is 0 Å². The van der Waals surface area contributed by atoms with Crippen LogP contribution in [0.25, 0.3) is 0 Å². The van der Waals surface area contributed by atoms with Crippen LogP contribution in [0.4, 0.5) is 4.39 Å². The summed E-state index contributed by atoms with van der Waals surface area (Å²) in [6, 6.07) is 9.40. The van der Waals surface area contributed by atoms with Crippen molar-refractivity contribution in [3.05, 3.63) is 59.5 Å². The maximum Gasteiger partial charge on any atom is 0.224 e. The molecular formula is C19H21FN2O3. The first-order valence-corrected chi connectivity index (χ1v) is 8.27. The number of aliphatic hydroxyl groups excluding tert-OH is 1. The molecule has 0 aliphatic heterocycles. The number of nitrogens with zero attached hydrogens (tertiary/aromatic N) is 1. The Morgan fingerprint density at radius 3 is 2.80 bits per heavy atom. The number of rotatable bonds is 6. The molecule has 2 aromatic rings. The largest absolute Gasteiger partial charge is 0.481 e. The van der Waals surface area contributed by atoms with E-state index in [-0.39, 0.29) is 36.2 Å². The van der Waals surface area contributed by atoms with Crippen molar-refractivity contribution in [3.63, 3.8) is 0 Å². The van der Waals surface area contributed by atoms with Gasteiger partial charge in [-0.25, -0.2) is 9.37 Å². The molecular weight excluding hydrogens is 323 g/mol. The van der Waals surface area contributed by atoms with Crippen molar-refractivity contribution in [1.82, 2.24) is 10.3 Å². The fraction of sp³-hybridized carbons (Fsp3) is 0.368. The van der Waals surface area contributed by atoms with Gasteiger partial charge in [-0.2, -0.15) is 0 Å². The summed E-state index contributed by atoms with van der Waals surface area (Å²) >= 11 is 0. The van der Waals surface area contributed by atoms with Gasteiger partial charge in [0.2, 0.25) is 11.8 Å². The van der Waals surface area contributed by atoms with Gasteiger partial charge in [0.15, 0.2) is 0 Å². The van der Waals surface area contributed by atoms with Gasteiger partial charge >= 0.3 is 0 Å². The van der Waals surface area contributed by atoms with Crippen LogP contribution in [0, 0.1) is 11.7 Å². The average molecular weight is 344 g/mol. The number of hydrogen-bond acceptors (Lipinski definition) is 4. The van der Waals surface area contributed by atoms with Crippen LogP contribution >= 0.6 is 0 Å². The zero-order valence-corrected chi connectivity index (χ0v) is 14.0. The number of carbonyl (C=O) groups excluding carboxylic acids is 1. The molecule has 0 radical (unpaired) electrons. The van der Waals surface area contributed by atoms with Crippen LogP contribution in [-0.4, -0.2) is 29.2 Å². The van der Waals surface area contributed by atoms with E-state index in [0.29, 0.717) is 24.3 Å². The minimum atomic E-state index is -0.358. The lowest BCUT2D eigenvalue weighted by molar-refractivity contribution is -0.122. The van der Waals surface area contributed by atoms with Crippen LogP contribution in [0.3, 0.4) is 0 Å². The van der Waals surface area contributed by atoms with Crippen molar-refractivity contribution < 1.29 is 19.0 Å². The lowest BCUT2D eigenvalue weighted by Crippen LogP contribution is -2.41. The van der Waals surface area contributed by atoms with E-state index in [1.807, 2.05) is 6.07 Å². The summed E-state index contributed by atoms with van der Waals surface area (Å²) in [5.41, 5.74) is 1.49. The Bertz CT molecular complexity index is 730. The first-order chi connectivity index (χ1) is 12.0. The van der Waals surface area contributed by atoms with E-state index in [4.69, 9.17) is 4.74 Å². The Kier molecular flexibility index (Phi) is 5.28. The van der Waals surface area contributed by atoms with E-state index in [9.17, 15) is 14.3 Å². The SMILES string of the molecule is COc1ccc([C@H](NC(=O)Cc2cccc(F)c2)C2CC(O)C2)cn1. The molecule has 0 bridgehead atoms. The predicted molar refractivity (Wildman–Crippen MR) is 90.5 cm³/mol. The summed E-state index contributed by atoms with van der Waals surface area (Å²) in [6.45, 7) is 0. The Morgan fingerprint density at radius 1 is 1.40 bits per heavy atom. The number of halogens is 1. The smallest absolute Gasteiger partial charge is 0.224 e. The molecule has 1 heterocycles. The van der Waals surface area contributed by atoms with Gasteiger partial charge in [-0.3, -0.25) is 4.79 Å². The molecule has 0 saturated heterocycles. The van der Waals surface area contributed by atoms with Gasteiger partial charge in [0, 0.05) is 12.3 Å². The molecule has 1 aliphatic carbocycles. The number of carbonyl (C=O) groups is 1. The van der Waals surface area contributed by atoms with E-state index in [0.717, 1.165) is 5.56 Å². The van der Waals surface area contributed by atoms with Crippen LogP contribution in [0.1, 0.15) is 30.0 Å². The Morgan fingerprint density at radius 2 is 2.20 bits per heavy atom. The highest BCUT2D eigenvalue weighted by Gasteiger charge is 2.35. The van der Waals surface area contributed by atoms with Crippen LogP contribution in [0.15, 0.2) is 42.6 Å². The van der Waals surface area contributed by atoms with Crippen molar-refractivity contribution in [2.75, 3.05) is 7.11 Å². The fourth-order valence-electron chi connectivity index (χ4n) is 3.13. The number of aromatic nitrogens is 1. The van der Waals surface area contributed by atoms with E-state index in [1.54, 1.807) is 31.5 Å². The molecule has 0 spiro atoms. The highest BCUT2D eigenvalue weighted by Crippen LogP contribution is 2.38. The number of aliphatic hydroxyl groups is 1. The topological polar surface area (TPSA) is 71.5 Å². The summed E-state index contributed by atoms with van der Waals surface area (Å²) in [5.74, 6) is 0.111. The summed E-state index contributed by atoms with van der Waals surface area (Å²) in [5, 5.41) is 12.6. The minimum absolute atomic E-state index is 0.104. The molecule has 1 atom stereocenters. The quantitative estimate of drug-likeness (QED) is 0.844. The van der Waals surface area contributed by atoms with Gasteiger partial charge in [-0.05, 0) is 42.0 Å². The third-order valence-corrected chi connectivity index (χ3v) is 4.52. The molecule has 1 saturated carbocycles. The number of hydrogen-bond donors (Lipinski definition) is 2. The second-order valence-electron chi connectivity index (χ2n) is 6.37. The van der Waals surface area contributed by atoms with Crippen LogP contribution < -0.4 is 10.1 Å². The first-order valence-electron chi connectivity index (χ1n) is 8.27. The van der Waals surface area contributed by atoms with Crippen molar-refractivity contribution in [1.29, 1.82) is 0 Å². The molecule has 132 valence electrons. The number of pyridine rings is 1. The lowest BCUT2D eigenvalue weighted by Gasteiger charge is -2.38. The number of amides is 1. The van der Waals surface area contributed by atoms with Crippen LogP contribution in [-0.2, 0) is 11.2 Å². The summed E-state index contributed by atoms with van der Waals surface area (Å²) < 4.78 is 18.3. The Balaban J connectivity index is 1.71. The summed E-state index contributed by atoms with van der Waals surface area (Å²) in [7, 11) is 1.54. The molecule has 1 fully saturated rings. The molecule has 1 aromatic carbocycles. The third kappa shape index (κ3) is 4.33. The molecule has 1 amide bonds. The second-order valence-corrected chi connectivity index (χ2v) is 6.37. The van der Waals surface area contributed by atoms with Gasteiger partial charge < -0.3 is 15.2 Å². The predicted octanol–water partition coefficient (Wildman–Crippen LogP) is 2.40. The first kappa shape index (κ1) is 17.4. The minimum Gasteiger partial charge on any atom is -0.481 e. The van der Waals surface area contributed by atoms with Gasteiger partial charge in [0.05, 0.1) is 25.7 Å². The molecule has 1 aliphatic rings. The molecule has 1 aromatic heterocycles. The summed E-state index contributed by atoms with van der Waals surface area (Å²) in [6.07, 6.45) is 2.73. The third-order valence-electron chi connectivity index (χ3n) is 4.52. The zero-order chi connectivity index (χ0) is 17.8. The highest BCUT2D eigenvalue weighted by atomic mass is 19.1. The van der Waals surface area contributed by atoms with E-state index in [1.165, 1.54) is 12.1 Å². The van der Waals surface area contributed by atoms with Gasteiger partial charge in [0.25, 0.3) is 0 Å². The zero-order valence-electron chi connectivity index (χ0n) is 14.0. The van der Waals surface area contributed by atoms with Crippen molar-refractivity contribution in [3.8, 4) is 5.88 Å². The van der Waals surface area contributed by atoms with Crippen molar-refractivity contribution in [2.24, 2.45) is 5.92 Å². The lowest BCUT2D eigenvalue weighted by atomic mass is 9.75. The maximum atomic E-state index is 13.3. The van der Waals surface area contributed by atoms with Crippen LogP contribution in [0.5, 0.6) is 5.88 Å². The normalized spacial score (nSPS) is 20.4. The Labute approximate surface area is 145 Å². The van der Waals surface area contributed by atoms with Crippen LogP contribution in [0.2, 0.25) is 0 Å². The number of nitrogens with one attached hydrogen (secondary N) is 1. The molecule has 2 N–H and O–H groups in total. The maximum absolute atomic E-state index is 13.3. The Hall–Kier alpha value is -2.47. The summed E-state index contributed by atoms with van der Waals surface area (Å²) in [4.78, 5) is 16.6. The van der Waals surface area contributed by atoms with Gasteiger partial charge in [-0.15, -0.1) is 0 Å². The molecule has 25 heavy (non-hydrogen) atoms. The molecule has 5 nitrogen and oxygen atoms in total. The highest BCUT2D eigenvalue weighted by molar-refractivity contribution is 5.79. The molecule has 6 heteroatoms. The van der Waals surface area contributed by atoms with Crippen molar-refractivity contribution >= 4 is 5.91 Å². The van der Waals surface area contributed by atoms with E-state index >= 15 is 0 Å². The fourth-order valence-corrected chi connectivity index (χ4v) is 3.13.